The van der Waals surface area contributed by atoms with E-state index in [1.54, 1.807) is 6.08 Å². The van der Waals surface area contributed by atoms with Crippen molar-refractivity contribution in [2.75, 3.05) is 11.9 Å². The second kappa shape index (κ2) is 7.93. The average molecular weight is 377 g/mol. The van der Waals surface area contributed by atoms with E-state index in [4.69, 9.17) is 9.15 Å². The molecule has 0 radical (unpaired) electrons. The van der Waals surface area contributed by atoms with Gasteiger partial charge < -0.3 is 14.5 Å². The number of carbonyl (C=O) groups excluding carboxylic acids is 1. The predicted octanol–water partition coefficient (Wildman–Crippen LogP) is 6.11. The van der Waals surface area contributed by atoms with E-state index in [1.165, 1.54) is 0 Å². The lowest BCUT2D eigenvalue weighted by atomic mass is 9.98. The molecule has 0 aliphatic rings. The van der Waals surface area contributed by atoms with Crippen LogP contribution >= 0.6 is 0 Å². The van der Waals surface area contributed by atoms with Crippen molar-refractivity contribution in [1.82, 2.24) is 0 Å². The second-order valence-electron chi connectivity index (χ2n) is 7.10. The van der Waals surface area contributed by atoms with Crippen molar-refractivity contribution in [2.24, 2.45) is 0 Å². The Morgan fingerprint density at radius 3 is 2.54 bits per heavy atom. The van der Waals surface area contributed by atoms with E-state index in [1.807, 2.05) is 58.9 Å². The van der Waals surface area contributed by atoms with Crippen LogP contribution in [0.25, 0.3) is 16.5 Å². The zero-order chi connectivity index (χ0) is 20.4. The smallest absolute Gasteiger partial charge is 0.248 e. The molecule has 1 heterocycles. The molecule has 0 bridgehead atoms. The van der Waals surface area contributed by atoms with Crippen LogP contribution in [0.1, 0.15) is 41.9 Å². The zero-order valence-electron chi connectivity index (χ0n) is 17.4. The normalized spacial score (nSPS) is 11.7. The Morgan fingerprint density at radius 1 is 1.14 bits per heavy atom. The van der Waals surface area contributed by atoms with Gasteiger partial charge in [-0.3, -0.25) is 4.79 Å². The molecule has 1 aromatic heterocycles. The molecular formula is C24H27NO3. The van der Waals surface area contributed by atoms with Crippen LogP contribution < -0.4 is 10.1 Å². The van der Waals surface area contributed by atoms with Gasteiger partial charge in [-0.15, -0.1) is 0 Å². The van der Waals surface area contributed by atoms with E-state index in [9.17, 15) is 4.79 Å². The van der Waals surface area contributed by atoms with Crippen LogP contribution in [0.15, 0.2) is 40.8 Å². The van der Waals surface area contributed by atoms with Gasteiger partial charge in [-0.2, -0.15) is 0 Å². The highest BCUT2D eigenvalue weighted by Gasteiger charge is 2.18. The highest BCUT2D eigenvalue weighted by molar-refractivity contribution is 6.05. The van der Waals surface area contributed by atoms with Gasteiger partial charge in [0.25, 0.3) is 0 Å². The number of rotatable bonds is 5. The Morgan fingerprint density at radius 2 is 1.86 bits per heavy atom. The molecule has 3 aromatic rings. The lowest BCUT2D eigenvalue weighted by molar-refractivity contribution is -0.111. The number of para-hydroxylation sites is 1. The predicted molar refractivity (Wildman–Crippen MR) is 115 cm³/mol. The summed E-state index contributed by atoms with van der Waals surface area (Å²) in [4.78, 5) is 12.6. The number of amides is 1. The van der Waals surface area contributed by atoms with Gasteiger partial charge in [0.15, 0.2) is 0 Å². The van der Waals surface area contributed by atoms with Crippen molar-refractivity contribution in [3.8, 4) is 5.75 Å². The third kappa shape index (κ3) is 3.68. The molecule has 0 fully saturated rings. The van der Waals surface area contributed by atoms with Gasteiger partial charge in [0.05, 0.1) is 6.61 Å². The van der Waals surface area contributed by atoms with Gasteiger partial charge in [0, 0.05) is 28.3 Å². The van der Waals surface area contributed by atoms with Crippen LogP contribution in [0, 0.1) is 27.7 Å². The molecule has 0 unspecified atom stereocenters. The van der Waals surface area contributed by atoms with Crippen molar-refractivity contribution >= 4 is 28.1 Å². The van der Waals surface area contributed by atoms with Gasteiger partial charge >= 0.3 is 0 Å². The van der Waals surface area contributed by atoms with Gasteiger partial charge in [-0.1, -0.05) is 18.2 Å². The number of allylic oxidation sites excluding steroid dienone is 1. The molecular weight excluding hydrogens is 350 g/mol. The van der Waals surface area contributed by atoms with E-state index in [-0.39, 0.29) is 5.91 Å². The minimum atomic E-state index is -0.160. The van der Waals surface area contributed by atoms with E-state index in [0.717, 1.165) is 56.0 Å². The first-order chi connectivity index (χ1) is 13.3. The molecule has 1 N–H and O–H groups in total. The molecule has 0 aliphatic carbocycles. The van der Waals surface area contributed by atoms with Crippen LogP contribution in [0.4, 0.5) is 5.69 Å². The number of nitrogens with one attached hydrogen (secondary N) is 1. The van der Waals surface area contributed by atoms with E-state index in [2.05, 4.69) is 18.3 Å². The summed E-state index contributed by atoms with van der Waals surface area (Å²) in [6.45, 7) is 12.4. The largest absolute Gasteiger partial charge is 0.493 e. The third-order valence-electron chi connectivity index (χ3n) is 5.11. The second-order valence-corrected chi connectivity index (χ2v) is 7.10. The molecule has 2 aromatic carbocycles. The summed E-state index contributed by atoms with van der Waals surface area (Å²) in [7, 11) is 0. The first-order valence-electron chi connectivity index (χ1n) is 9.54. The molecule has 4 nitrogen and oxygen atoms in total. The monoisotopic (exact) mass is 377 g/mol. The third-order valence-corrected chi connectivity index (χ3v) is 5.11. The van der Waals surface area contributed by atoms with Crippen LogP contribution in [-0.4, -0.2) is 12.5 Å². The standard InChI is InChI=1S/C24H27NO3/c1-7-27-23-17(5)24-20(16(4)18(6)28-24)13-19(23)15(3)12-22(26)25-21-11-9-8-10-14(21)2/h8-13H,7H2,1-6H3,(H,25,26)/b15-12+. The maximum absolute atomic E-state index is 12.6. The topological polar surface area (TPSA) is 51.5 Å². The highest BCUT2D eigenvalue weighted by atomic mass is 16.5. The molecule has 1 amide bonds. The van der Waals surface area contributed by atoms with Gasteiger partial charge in [-0.05, 0) is 70.4 Å². The van der Waals surface area contributed by atoms with Gasteiger partial charge in [0.1, 0.15) is 17.1 Å². The maximum Gasteiger partial charge on any atom is 0.248 e. The molecule has 0 atom stereocenters. The summed E-state index contributed by atoms with van der Waals surface area (Å²) in [5, 5.41) is 4.01. The maximum atomic E-state index is 12.6. The molecule has 4 heteroatoms. The molecule has 0 spiro atoms. The number of carbonyl (C=O) groups is 1. The van der Waals surface area contributed by atoms with Crippen LogP contribution in [0.5, 0.6) is 5.75 Å². The van der Waals surface area contributed by atoms with Crippen molar-refractivity contribution in [3.63, 3.8) is 0 Å². The minimum Gasteiger partial charge on any atom is -0.493 e. The Hall–Kier alpha value is -3.01. The molecule has 0 saturated carbocycles. The highest BCUT2D eigenvalue weighted by Crippen LogP contribution is 2.38. The van der Waals surface area contributed by atoms with Crippen molar-refractivity contribution in [3.05, 3.63) is 64.4 Å². The Balaban J connectivity index is 2.04. The number of hydrogen-bond acceptors (Lipinski definition) is 3. The molecule has 0 aliphatic heterocycles. The summed E-state index contributed by atoms with van der Waals surface area (Å²) in [5.41, 5.74) is 6.51. The molecule has 146 valence electrons. The fourth-order valence-electron chi connectivity index (χ4n) is 3.39. The first kappa shape index (κ1) is 19.7. The number of hydrogen-bond donors (Lipinski definition) is 1. The number of benzene rings is 2. The number of fused-ring (bicyclic) bond motifs is 1. The van der Waals surface area contributed by atoms with Crippen LogP contribution in [0.2, 0.25) is 0 Å². The van der Waals surface area contributed by atoms with E-state index < -0.39 is 0 Å². The summed E-state index contributed by atoms with van der Waals surface area (Å²) in [6, 6.07) is 9.80. The summed E-state index contributed by atoms with van der Waals surface area (Å²) >= 11 is 0. The quantitative estimate of drug-likeness (QED) is 0.546. The first-order valence-corrected chi connectivity index (χ1v) is 9.54. The number of anilines is 1. The van der Waals surface area contributed by atoms with Gasteiger partial charge in [-0.25, -0.2) is 0 Å². The summed E-state index contributed by atoms with van der Waals surface area (Å²) in [5.74, 6) is 1.50. The number of ether oxygens (including phenoxy) is 1. The summed E-state index contributed by atoms with van der Waals surface area (Å²) < 4.78 is 11.9. The molecule has 3 rings (SSSR count). The summed E-state index contributed by atoms with van der Waals surface area (Å²) in [6.07, 6.45) is 1.62. The van der Waals surface area contributed by atoms with Gasteiger partial charge in [0.2, 0.25) is 5.91 Å². The Bertz CT molecular complexity index is 1070. The minimum absolute atomic E-state index is 0.160. The van der Waals surface area contributed by atoms with Crippen molar-refractivity contribution in [2.45, 2.75) is 41.5 Å². The average Bonchev–Trinajstić information content (AvgIpc) is 2.94. The SMILES string of the molecule is CCOc1c(/C(C)=C/C(=O)Nc2ccccc2C)cc2c(C)c(C)oc2c1C. The van der Waals surface area contributed by atoms with E-state index >= 15 is 0 Å². The lowest BCUT2D eigenvalue weighted by Gasteiger charge is -2.15. The zero-order valence-corrected chi connectivity index (χ0v) is 17.4. The Kier molecular flexibility index (Phi) is 5.59. The fraction of sp³-hybridized carbons (Fsp3) is 0.292. The molecule has 28 heavy (non-hydrogen) atoms. The number of furan rings is 1. The number of aryl methyl sites for hydroxylation is 4. The Labute approximate surface area is 166 Å². The fourth-order valence-corrected chi connectivity index (χ4v) is 3.39. The van der Waals surface area contributed by atoms with Crippen LogP contribution in [0.3, 0.4) is 0 Å². The van der Waals surface area contributed by atoms with E-state index in [0.29, 0.717) is 6.61 Å². The van der Waals surface area contributed by atoms with Crippen molar-refractivity contribution < 1.29 is 13.9 Å². The lowest BCUT2D eigenvalue weighted by Crippen LogP contribution is -2.10. The van der Waals surface area contributed by atoms with Crippen molar-refractivity contribution in [1.29, 1.82) is 0 Å². The molecule has 0 saturated heterocycles. The van der Waals surface area contributed by atoms with Crippen LogP contribution in [-0.2, 0) is 4.79 Å².